The van der Waals surface area contributed by atoms with Crippen LogP contribution in [0.1, 0.15) is 38.7 Å². The lowest BCUT2D eigenvalue weighted by Crippen LogP contribution is -2.40. The molecule has 0 N–H and O–H groups in total. The van der Waals surface area contributed by atoms with E-state index in [9.17, 15) is 19.3 Å². The van der Waals surface area contributed by atoms with E-state index in [0.29, 0.717) is 24.5 Å². The highest BCUT2D eigenvalue weighted by Crippen LogP contribution is 2.41. The second-order valence-corrected chi connectivity index (χ2v) is 7.83. The summed E-state index contributed by atoms with van der Waals surface area (Å²) >= 11 is 0. The molecule has 1 aliphatic heterocycles. The Kier molecular flexibility index (Phi) is 6.00. The number of benzene rings is 3. The molecule has 0 saturated carbocycles. The van der Waals surface area contributed by atoms with E-state index >= 15 is 0 Å². The minimum Gasteiger partial charge on any atom is -0.493 e. The molecule has 0 bridgehead atoms. The quantitative estimate of drug-likeness (QED) is 0.410. The Morgan fingerprint density at radius 1 is 1.09 bits per heavy atom. The normalized spacial score (nSPS) is 15.0. The van der Waals surface area contributed by atoms with Crippen molar-refractivity contribution in [1.82, 2.24) is 4.90 Å². The van der Waals surface area contributed by atoms with Crippen LogP contribution in [0.4, 0.5) is 10.1 Å². The zero-order valence-electron chi connectivity index (χ0n) is 18.5. The average Bonchev–Trinajstić information content (AvgIpc) is 2.83. The fourth-order valence-corrected chi connectivity index (χ4v) is 4.30. The highest BCUT2D eigenvalue weighted by molar-refractivity contribution is 5.96. The molecule has 0 spiro atoms. The van der Waals surface area contributed by atoms with E-state index < -0.39 is 28.4 Å². The second-order valence-electron chi connectivity index (χ2n) is 7.83. The van der Waals surface area contributed by atoms with Crippen molar-refractivity contribution in [2.75, 3.05) is 20.8 Å². The number of nitro benzene ring substituents is 1. The van der Waals surface area contributed by atoms with Crippen LogP contribution in [0, 0.1) is 22.9 Å². The molecule has 7 nitrogen and oxygen atoms in total. The van der Waals surface area contributed by atoms with E-state index in [4.69, 9.17) is 9.47 Å². The second kappa shape index (κ2) is 8.90. The minimum atomic E-state index is -0.785. The first kappa shape index (κ1) is 22.3. The van der Waals surface area contributed by atoms with Crippen LogP contribution in [-0.2, 0) is 6.42 Å². The van der Waals surface area contributed by atoms with Crippen LogP contribution < -0.4 is 9.47 Å². The van der Waals surface area contributed by atoms with E-state index in [0.717, 1.165) is 28.8 Å². The highest BCUT2D eigenvalue weighted by atomic mass is 19.1. The molecule has 33 heavy (non-hydrogen) atoms. The predicted molar refractivity (Wildman–Crippen MR) is 120 cm³/mol. The summed E-state index contributed by atoms with van der Waals surface area (Å²) in [7, 11) is 3.11. The maximum Gasteiger partial charge on any atom is 0.276 e. The first-order chi connectivity index (χ1) is 15.8. The number of ether oxygens (including phenoxy) is 2. The van der Waals surface area contributed by atoms with Gasteiger partial charge in [0.2, 0.25) is 0 Å². The van der Waals surface area contributed by atoms with Crippen LogP contribution in [0.5, 0.6) is 11.5 Å². The third kappa shape index (κ3) is 4.00. The summed E-state index contributed by atoms with van der Waals surface area (Å²) in [5, 5.41) is 11.4. The van der Waals surface area contributed by atoms with Gasteiger partial charge in [0, 0.05) is 18.2 Å². The fraction of sp³-hybridized carbons (Fsp3) is 0.240. The van der Waals surface area contributed by atoms with Crippen molar-refractivity contribution in [3.63, 3.8) is 0 Å². The van der Waals surface area contributed by atoms with Crippen molar-refractivity contribution >= 4 is 11.6 Å². The lowest BCUT2D eigenvalue weighted by Gasteiger charge is -2.38. The number of carbonyl (C=O) groups is 1. The van der Waals surface area contributed by atoms with Crippen molar-refractivity contribution in [3.05, 3.63) is 98.3 Å². The number of methoxy groups -OCH3 is 2. The third-order valence-electron chi connectivity index (χ3n) is 6.01. The number of rotatable bonds is 5. The van der Waals surface area contributed by atoms with Crippen LogP contribution >= 0.6 is 0 Å². The summed E-state index contributed by atoms with van der Waals surface area (Å²) in [6.07, 6.45) is 0.543. The lowest BCUT2D eigenvalue weighted by molar-refractivity contribution is -0.385. The van der Waals surface area contributed by atoms with Crippen molar-refractivity contribution in [2.24, 2.45) is 0 Å². The molecule has 0 aliphatic carbocycles. The van der Waals surface area contributed by atoms with Crippen LogP contribution in [-0.4, -0.2) is 36.5 Å². The smallest absolute Gasteiger partial charge is 0.276 e. The van der Waals surface area contributed by atoms with Crippen LogP contribution in [0.3, 0.4) is 0 Å². The molecule has 1 heterocycles. The molecule has 0 aromatic heterocycles. The van der Waals surface area contributed by atoms with Gasteiger partial charge in [0.1, 0.15) is 5.82 Å². The van der Waals surface area contributed by atoms with Gasteiger partial charge in [-0.15, -0.1) is 0 Å². The molecule has 0 radical (unpaired) electrons. The number of halogens is 1. The fourth-order valence-electron chi connectivity index (χ4n) is 4.30. The van der Waals surface area contributed by atoms with E-state index in [-0.39, 0.29) is 11.1 Å². The molecule has 0 saturated heterocycles. The molecular formula is C25H23FN2O5. The topological polar surface area (TPSA) is 81.9 Å². The van der Waals surface area contributed by atoms with Gasteiger partial charge in [0.05, 0.1) is 30.7 Å². The SMILES string of the molecule is COc1cc2c(cc1OC)C(c1ccccc1)N(C(=O)c1cc(F)c(C)c([N+](=O)[O-])c1)CC2. The van der Waals surface area contributed by atoms with Gasteiger partial charge >= 0.3 is 0 Å². The zero-order chi connectivity index (χ0) is 23.7. The van der Waals surface area contributed by atoms with Crippen molar-refractivity contribution in [2.45, 2.75) is 19.4 Å². The Hall–Kier alpha value is -3.94. The standard InChI is InChI=1S/C25H23FN2O5/c1-15-20(26)11-18(12-21(15)28(30)31)25(29)27-10-9-17-13-22(32-2)23(33-3)14-19(17)24(27)16-7-5-4-6-8-16/h4-8,11-14,24H,9-10H2,1-3H3. The van der Waals surface area contributed by atoms with Gasteiger partial charge in [-0.2, -0.15) is 0 Å². The molecule has 1 amide bonds. The highest BCUT2D eigenvalue weighted by Gasteiger charge is 2.34. The Bertz CT molecular complexity index is 1230. The van der Waals surface area contributed by atoms with Crippen LogP contribution in [0.15, 0.2) is 54.6 Å². The summed E-state index contributed by atoms with van der Waals surface area (Å²) in [5.74, 6) is -0.138. The molecule has 0 fully saturated rings. The summed E-state index contributed by atoms with van der Waals surface area (Å²) in [5.41, 5.74) is 2.15. The number of amides is 1. The molecule has 3 aromatic carbocycles. The van der Waals surface area contributed by atoms with Gasteiger partial charge in [0.25, 0.3) is 11.6 Å². The van der Waals surface area contributed by atoms with Crippen LogP contribution in [0.2, 0.25) is 0 Å². The van der Waals surface area contributed by atoms with Gasteiger partial charge in [0.15, 0.2) is 11.5 Å². The van der Waals surface area contributed by atoms with E-state index in [1.54, 1.807) is 19.1 Å². The molecule has 1 aliphatic rings. The minimum absolute atomic E-state index is 0.0605. The molecule has 8 heteroatoms. The Morgan fingerprint density at radius 3 is 2.39 bits per heavy atom. The van der Waals surface area contributed by atoms with Gasteiger partial charge in [-0.25, -0.2) is 4.39 Å². The first-order valence-corrected chi connectivity index (χ1v) is 10.4. The monoisotopic (exact) mass is 450 g/mol. The van der Waals surface area contributed by atoms with Gasteiger partial charge in [-0.1, -0.05) is 30.3 Å². The summed E-state index contributed by atoms with van der Waals surface area (Å²) < 4.78 is 25.4. The first-order valence-electron chi connectivity index (χ1n) is 10.4. The number of hydrogen-bond donors (Lipinski definition) is 0. The van der Waals surface area contributed by atoms with Crippen molar-refractivity contribution in [3.8, 4) is 11.5 Å². The summed E-state index contributed by atoms with van der Waals surface area (Å²) in [6.45, 7) is 1.68. The zero-order valence-corrected chi connectivity index (χ0v) is 18.5. The van der Waals surface area contributed by atoms with Gasteiger partial charge in [-0.3, -0.25) is 14.9 Å². The Balaban J connectivity index is 1.85. The van der Waals surface area contributed by atoms with Crippen molar-refractivity contribution in [1.29, 1.82) is 0 Å². The molecule has 1 atom stereocenters. The number of carbonyl (C=O) groups excluding carboxylic acids is 1. The molecule has 1 unspecified atom stereocenters. The number of hydrogen-bond acceptors (Lipinski definition) is 5. The van der Waals surface area contributed by atoms with Crippen molar-refractivity contribution < 1.29 is 23.6 Å². The number of nitro groups is 1. The third-order valence-corrected chi connectivity index (χ3v) is 6.01. The Labute approximate surface area is 190 Å². The van der Waals surface area contributed by atoms with Gasteiger partial charge in [-0.05, 0) is 48.2 Å². The molecule has 4 rings (SSSR count). The van der Waals surface area contributed by atoms with E-state index in [2.05, 4.69) is 0 Å². The largest absolute Gasteiger partial charge is 0.493 e. The lowest BCUT2D eigenvalue weighted by atomic mass is 9.87. The van der Waals surface area contributed by atoms with Gasteiger partial charge < -0.3 is 14.4 Å². The average molecular weight is 450 g/mol. The summed E-state index contributed by atoms with van der Waals surface area (Å²) in [6, 6.07) is 14.9. The maximum atomic E-state index is 14.5. The predicted octanol–water partition coefficient (Wildman–Crippen LogP) is 4.85. The van der Waals surface area contributed by atoms with Crippen LogP contribution in [0.25, 0.3) is 0 Å². The number of fused-ring (bicyclic) bond motifs is 1. The Morgan fingerprint density at radius 2 is 1.76 bits per heavy atom. The van der Waals surface area contributed by atoms with E-state index in [1.807, 2.05) is 42.5 Å². The number of nitrogens with zero attached hydrogens (tertiary/aromatic N) is 2. The molecular weight excluding hydrogens is 427 g/mol. The maximum absolute atomic E-state index is 14.5. The summed E-state index contributed by atoms with van der Waals surface area (Å²) in [4.78, 5) is 25.9. The molecule has 3 aromatic rings. The molecule has 170 valence electrons. The van der Waals surface area contributed by atoms with E-state index in [1.165, 1.54) is 6.92 Å².